The van der Waals surface area contributed by atoms with Gasteiger partial charge in [-0.3, -0.25) is 4.79 Å². The van der Waals surface area contributed by atoms with Gasteiger partial charge < -0.3 is 10.2 Å². The molecular formula is C4H4O4. The fraction of sp³-hybridized carbons (Fsp3) is 0.250. The van der Waals surface area contributed by atoms with Crippen molar-refractivity contribution < 1.29 is 19.8 Å². The van der Waals surface area contributed by atoms with E-state index in [1.807, 2.05) is 0 Å². The van der Waals surface area contributed by atoms with Crippen LogP contribution in [0.3, 0.4) is 0 Å². The quantitative estimate of drug-likeness (QED) is 0.255. The van der Waals surface area contributed by atoms with Crippen LogP contribution in [0.25, 0.3) is 0 Å². The minimum Gasteiger partial charge on any atom is -0.362 e. The molecule has 0 bridgehead atoms. The van der Waals surface area contributed by atoms with Gasteiger partial charge in [0.2, 0.25) is 12.1 Å². The number of aliphatic hydroxyl groups excluding tert-OH is 1. The molecule has 0 fully saturated rings. The molecule has 0 radical (unpaired) electrons. The van der Waals surface area contributed by atoms with Crippen molar-refractivity contribution >= 4 is 11.7 Å². The van der Waals surface area contributed by atoms with E-state index in [4.69, 9.17) is 10.2 Å². The summed E-state index contributed by atoms with van der Waals surface area (Å²) < 4.78 is 0. The van der Waals surface area contributed by atoms with Gasteiger partial charge >= 0.3 is 0 Å². The first-order valence-corrected chi connectivity index (χ1v) is 1.79. The third-order valence-corrected chi connectivity index (χ3v) is 0.456. The van der Waals surface area contributed by atoms with Gasteiger partial charge in [-0.1, -0.05) is 0 Å². The summed E-state index contributed by atoms with van der Waals surface area (Å²) in [5.74, 6) is 0.0487. The van der Waals surface area contributed by atoms with Crippen molar-refractivity contribution in [1.82, 2.24) is 0 Å². The van der Waals surface area contributed by atoms with Crippen LogP contribution in [-0.4, -0.2) is 28.2 Å². The van der Waals surface area contributed by atoms with E-state index < -0.39 is 12.1 Å². The fourth-order valence-corrected chi connectivity index (χ4v) is 0.133. The highest BCUT2D eigenvalue weighted by Crippen LogP contribution is 1.76. The molecule has 44 valence electrons. The topological polar surface area (TPSA) is 74.6 Å². The molecule has 8 heavy (non-hydrogen) atoms. The molecule has 0 aromatic rings. The van der Waals surface area contributed by atoms with E-state index in [1.54, 1.807) is 0 Å². The van der Waals surface area contributed by atoms with Gasteiger partial charge in [0.05, 0.1) is 6.08 Å². The highest BCUT2D eigenvalue weighted by atomic mass is 16.5. The summed E-state index contributed by atoms with van der Waals surface area (Å²) in [5, 5.41) is 15.9. The van der Waals surface area contributed by atoms with Gasteiger partial charge in [-0.25, -0.2) is 4.79 Å². The molecule has 0 amide bonds. The summed E-state index contributed by atoms with van der Waals surface area (Å²) in [4.78, 5) is 19.2. The third kappa shape index (κ3) is 2.25. The first-order valence-electron chi connectivity index (χ1n) is 1.79. The van der Waals surface area contributed by atoms with Gasteiger partial charge in [0, 0.05) is 0 Å². The van der Waals surface area contributed by atoms with Crippen LogP contribution >= 0.6 is 0 Å². The molecule has 0 atom stereocenters. The van der Waals surface area contributed by atoms with Gasteiger partial charge in [-0.15, -0.1) is 0 Å². The van der Waals surface area contributed by atoms with Crippen LogP contribution in [0.1, 0.15) is 0 Å². The van der Waals surface area contributed by atoms with Crippen molar-refractivity contribution in [3.8, 4) is 0 Å². The molecular weight excluding hydrogens is 112 g/mol. The molecule has 0 saturated carbocycles. The Morgan fingerprint density at radius 2 is 2.12 bits per heavy atom. The van der Waals surface area contributed by atoms with Gasteiger partial charge in [-0.2, -0.15) is 0 Å². The number of aliphatic hydroxyl groups is 2. The molecule has 0 aromatic heterocycles. The lowest BCUT2D eigenvalue weighted by Gasteiger charge is -1.90. The lowest BCUT2D eigenvalue weighted by atomic mass is 10.4. The monoisotopic (exact) mass is 116 g/mol. The minimum absolute atomic E-state index is 0.421. The van der Waals surface area contributed by atoms with Gasteiger partial charge in [-0.05, 0) is 0 Å². The van der Waals surface area contributed by atoms with Crippen molar-refractivity contribution in [2.24, 2.45) is 0 Å². The van der Waals surface area contributed by atoms with Crippen LogP contribution in [-0.2, 0) is 9.59 Å². The zero-order valence-electron chi connectivity index (χ0n) is 3.87. The standard InChI is InChI=1S/C4H4O4/c5-2-1-3(6)4(7)8/h1,4,7-8H. The highest BCUT2D eigenvalue weighted by molar-refractivity contribution is 5.97. The summed E-state index contributed by atoms with van der Waals surface area (Å²) in [6.45, 7) is 0. The Labute approximate surface area is 45.1 Å². The summed E-state index contributed by atoms with van der Waals surface area (Å²) in [7, 11) is 0. The number of carbonyl (C=O) groups is 1. The van der Waals surface area contributed by atoms with Crippen LogP contribution in [0.5, 0.6) is 0 Å². The molecule has 0 aliphatic rings. The number of hydrogen-bond donors (Lipinski definition) is 2. The molecule has 0 heterocycles. The van der Waals surface area contributed by atoms with Crippen molar-refractivity contribution in [2.45, 2.75) is 6.29 Å². The molecule has 0 aliphatic carbocycles. The largest absolute Gasteiger partial charge is 0.362 e. The Morgan fingerprint density at radius 3 is 2.25 bits per heavy atom. The molecule has 0 unspecified atom stereocenters. The fourth-order valence-electron chi connectivity index (χ4n) is 0.133. The highest BCUT2D eigenvalue weighted by Gasteiger charge is 2.04. The Balaban J connectivity index is 3.84. The molecule has 0 saturated heterocycles. The van der Waals surface area contributed by atoms with E-state index in [9.17, 15) is 9.59 Å². The lowest BCUT2D eigenvalue weighted by Crippen LogP contribution is -2.16. The molecule has 4 nitrogen and oxygen atoms in total. The molecule has 0 aromatic carbocycles. The maximum Gasteiger partial charge on any atom is 0.222 e. The van der Waals surface area contributed by atoms with Crippen LogP contribution in [0.15, 0.2) is 6.08 Å². The minimum atomic E-state index is -2.09. The van der Waals surface area contributed by atoms with Crippen LogP contribution in [0.4, 0.5) is 0 Å². The van der Waals surface area contributed by atoms with E-state index in [2.05, 4.69) is 0 Å². The maximum absolute atomic E-state index is 9.92. The van der Waals surface area contributed by atoms with E-state index in [0.717, 1.165) is 5.94 Å². The second-order valence-corrected chi connectivity index (χ2v) is 1.04. The summed E-state index contributed by atoms with van der Waals surface area (Å²) in [6.07, 6.45) is -1.67. The number of carbonyl (C=O) groups excluding carboxylic acids is 2. The SMILES string of the molecule is O=C=CC(=O)C(O)O. The summed E-state index contributed by atoms with van der Waals surface area (Å²) >= 11 is 0. The van der Waals surface area contributed by atoms with Crippen molar-refractivity contribution in [1.29, 1.82) is 0 Å². The smallest absolute Gasteiger partial charge is 0.222 e. The maximum atomic E-state index is 9.92. The Kier molecular flexibility index (Phi) is 2.72. The molecule has 0 rings (SSSR count). The van der Waals surface area contributed by atoms with Crippen LogP contribution in [0.2, 0.25) is 0 Å². The van der Waals surface area contributed by atoms with Crippen LogP contribution in [0, 0.1) is 0 Å². The third-order valence-electron chi connectivity index (χ3n) is 0.456. The first-order chi connectivity index (χ1) is 3.68. The van der Waals surface area contributed by atoms with Gasteiger partial charge in [0.25, 0.3) is 0 Å². The summed E-state index contributed by atoms with van der Waals surface area (Å²) in [6, 6.07) is 0. The average Bonchev–Trinajstić information content (AvgIpc) is 1.67. The normalized spacial score (nSPS) is 8.38. The molecule has 0 aliphatic heterocycles. The number of hydrogen-bond acceptors (Lipinski definition) is 4. The second-order valence-electron chi connectivity index (χ2n) is 1.04. The second kappa shape index (κ2) is 3.10. The summed E-state index contributed by atoms with van der Waals surface area (Å²) in [5.41, 5.74) is 0. The molecule has 2 N–H and O–H groups in total. The Morgan fingerprint density at radius 1 is 1.62 bits per heavy atom. The van der Waals surface area contributed by atoms with E-state index in [-0.39, 0.29) is 0 Å². The van der Waals surface area contributed by atoms with Crippen molar-refractivity contribution in [3.63, 3.8) is 0 Å². The van der Waals surface area contributed by atoms with Crippen molar-refractivity contribution in [2.75, 3.05) is 0 Å². The number of rotatable bonds is 2. The average molecular weight is 116 g/mol. The van der Waals surface area contributed by atoms with Gasteiger partial charge in [0.15, 0.2) is 0 Å². The zero-order chi connectivity index (χ0) is 6.57. The van der Waals surface area contributed by atoms with Crippen molar-refractivity contribution in [3.05, 3.63) is 6.08 Å². The van der Waals surface area contributed by atoms with Gasteiger partial charge in [0.1, 0.15) is 5.94 Å². The Bertz CT molecular complexity index is 131. The lowest BCUT2D eigenvalue weighted by molar-refractivity contribution is -0.139. The number of ketones is 1. The zero-order valence-corrected chi connectivity index (χ0v) is 3.87. The Hall–Kier alpha value is -0.960. The van der Waals surface area contributed by atoms with E-state index >= 15 is 0 Å². The van der Waals surface area contributed by atoms with E-state index in [0.29, 0.717) is 6.08 Å². The predicted molar refractivity (Wildman–Crippen MR) is 23.5 cm³/mol. The molecule has 4 heteroatoms. The van der Waals surface area contributed by atoms with E-state index in [1.165, 1.54) is 0 Å². The first kappa shape index (κ1) is 7.04. The molecule has 0 spiro atoms. The predicted octanol–water partition coefficient (Wildman–Crippen LogP) is -1.75. The van der Waals surface area contributed by atoms with Crippen LogP contribution < -0.4 is 0 Å².